The van der Waals surface area contributed by atoms with Gasteiger partial charge in [-0.2, -0.15) is 0 Å². The lowest BCUT2D eigenvalue weighted by Crippen LogP contribution is -2.38. The molecule has 0 bridgehead atoms. The van der Waals surface area contributed by atoms with E-state index >= 15 is 0 Å². The Hall–Kier alpha value is 0.250. The van der Waals surface area contributed by atoms with Crippen LogP contribution in [-0.4, -0.2) is 5.54 Å². The monoisotopic (exact) mass is 291 g/mol. The van der Waals surface area contributed by atoms with Gasteiger partial charge >= 0.3 is 0 Å². The molecule has 0 amide bonds. The number of nitrogens with two attached hydrogens (primary N) is 1. The van der Waals surface area contributed by atoms with Gasteiger partial charge in [0.25, 0.3) is 0 Å². The quantitative estimate of drug-likeness (QED) is 0.400. The van der Waals surface area contributed by atoms with Gasteiger partial charge in [-0.05, 0) is 19.3 Å². The number of unbranched alkanes of at least 4 members (excludes halogenated alkanes) is 9. The Labute approximate surface area is 128 Å². The fourth-order valence-electron chi connectivity index (χ4n) is 2.57. The van der Waals surface area contributed by atoms with E-state index < -0.39 is 0 Å². The molecule has 2 heteroatoms. The summed E-state index contributed by atoms with van der Waals surface area (Å²) in [5, 5.41) is 0. The molecule has 0 aliphatic carbocycles. The Kier molecular flexibility index (Phi) is 16.6. The van der Waals surface area contributed by atoms with Crippen LogP contribution in [0.3, 0.4) is 0 Å². The number of rotatable bonds is 13. The van der Waals surface area contributed by atoms with Gasteiger partial charge in [0.05, 0.1) is 0 Å². The molecular formula is C17H38ClN. The summed E-state index contributed by atoms with van der Waals surface area (Å²) in [6.45, 7) is 6.73. The van der Waals surface area contributed by atoms with Gasteiger partial charge in [0.1, 0.15) is 0 Å². The molecule has 0 aliphatic heterocycles. The topological polar surface area (TPSA) is 26.0 Å². The second kappa shape index (κ2) is 14.7. The summed E-state index contributed by atoms with van der Waals surface area (Å²) in [4.78, 5) is 0. The Balaban J connectivity index is 0. The first-order valence-electron chi connectivity index (χ1n) is 8.47. The van der Waals surface area contributed by atoms with Crippen LogP contribution in [0.25, 0.3) is 0 Å². The maximum atomic E-state index is 6.31. The van der Waals surface area contributed by atoms with Crippen LogP contribution in [0.2, 0.25) is 0 Å². The van der Waals surface area contributed by atoms with Crippen LogP contribution in [0.15, 0.2) is 0 Å². The van der Waals surface area contributed by atoms with Crippen LogP contribution in [-0.2, 0) is 0 Å². The second-order valence-corrected chi connectivity index (χ2v) is 6.00. The van der Waals surface area contributed by atoms with E-state index in [1.807, 2.05) is 0 Å². The summed E-state index contributed by atoms with van der Waals surface area (Å²) >= 11 is 0. The molecule has 0 saturated heterocycles. The maximum absolute atomic E-state index is 6.31. The van der Waals surface area contributed by atoms with E-state index in [1.165, 1.54) is 70.6 Å². The molecule has 0 unspecified atom stereocenters. The van der Waals surface area contributed by atoms with Crippen molar-refractivity contribution < 1.29 is 0 Å². The molecule has 0 aromatic carbocycles. The second-order valence-electron chi connectivity index (χ2n) is 6.00. The SMILES string of the molecule is CCCCCCCCCCCCC(N)(CC)CC.Cl. The first kappa shape index (κ1) is 21.5. The van der Waals surface area contributed by atoms with Crippen molar-refractivity contribution in [3.63, 3.8) is 0 Å². The summed E-state index contributed by atoms with van der Waals surface area (Å²) in [7, 11) is 0. The fraction of sp³-hybridized carbons (Fsp3) is 1.00. The molecule has 0 atom stereocenters. The number of hydrogen-bond donors (Lipinski definition) is 1. The number of halogens is 1. The van der Waals surface area contributed by atoms with Gasteiger partial charge in [0.2, 0.25) is 0 Å². The van der Waals surface area contributed by atoms with E-state index in [0.29, 0.717) is 0 Å². The largest absolute Gasteiger partial charge is 0.325 e. The van der Waals surface area contributed by atoms with Crippen molar-refractivity contribution in [3.05, 3.63) is 0 Å². The van der Waals surface area contributed by atoms with Gasteiger partial charge in [-0.15, -0.1) is 12.4 Å². The van der Waals surface area contributed by atoms with E-state index in [0.717, 1.165) is 12.8 Å². The summed E-state index contributed by atoms with van der Waals surface area (Å²) in [6, 6.07) is 0. The van der Waals surface area contributed by atoms with Gasteiger partial charge in [-0.1, -0.05) is 85.0 Å². The van der Waals surface area contributed by atoms with Crippen molar-refractivity contribution >= 4 is 12.4 Å². The maximum Gasteiger partial charge on any atom is 0.0149 e. The van der Waals surface area contributed by atoms with Gasteiger partial charge in [0, 0.05) is 5.54 Å². The number of hydrogen-bond acceptors (Lipinski definition) is 1. The van der Waals surface area contributed by atoms with Gasteiger partial charge in [-0.25, -0.2) is 0 Å². The summed E-state index contributed by atoms with van der Waals surface area (Å²) in [5.41, 5.74) is 6.43. The van der Waals surface area contributed by atoms with Crippen LogP contribution in [0.5, 0.6) is 0 Å². The molecular weight excluding hydrogens is 254 g/mol. The third-order valence-corrected chi connectivity index (χ3v) is 4.44. The third kappa shape index (κ3) is 13.0. The average molecular weight is 292 g/mol. The molecule has 1 nitrogen and oxygen atoms in total. The Morgan fingerprint density at radius 3 is 1.37 bits per heavy atom. The zero-order chi connectivity index (χ0) is 13.7. The molecule has 0 aliphatic rings. The molecule has 118 valence electrons. The molecule has 0 spiro atoms. The van der Waals surface area contributed by atoms with Crippen molar-refractivity contribution in [2.45, 2.75) is 110 Å². The molecule has 2 N–H and O–H groups in total. The van der Waals surface area contributed by atoms with Gasteiger partial charge in [0.15, 0.2) is 0 Å². The molecule has 0 aromatic rings. The van der Waals surface area contributed by atoms with Crippen LogP contribution in [0.4, 0.5) is 0 Å². The highest BCUT2D eigenvalue weighted by Gasteiger charge is 2.18. The molecule has 0 saturated carbocycles. The van der Waals surface area contributed by atoms with Gasteiger partial charge in [-0.3, -0.25) is 0 Å². The minimum absolute atomic E-state index is 0. The van der Waals surface area contributed by atoms with Gasteiger partial charge < -0.3 is 5.73 Å². The van der Waals surface area contributed by atoms with Crippen LogP contribution < -0.4 is 5.73 Å². The normalized spacial score (nSPS) is 11.4. The standard InChI is InChI=1S/C17H37N.ClH/c1-4-7-8-9-10-11-12-13-14-15-16-17(18,5-2)6-3;/h4-16,18H2,1-3H3;1H. The Bertz CT molecular complexity index is 167. The van der Waals surface area contributed by atoms with E-state index in [9.17, 15) is 0 Å². The predicted octanol–water partition coefficient (Wildman–Crippen LogP) is 6.24. The minimum atomic E-state index is 0. The average Bonchev–Trinajstić information content (AvgIpc) is 2.40. The highest BCUT2D eigenvalue weighted by molar-refractivity contribution is 5.85. The minimum Gasteiger partial charge on any atom is -0.325 e. The molecule has 0 heterocycles. The highest BCUT2D eigenvalue weighted by Crippen LogP contribution is 2.20. The van der Waals surface area contributed by atoms with E-state index in [2.05, 4.69) is 20.8 Å². The Morgan fingerprint density at radius 1 is 0.632 bits per heavy atom. The van der Waals surface area contributed by atoms with Crippen LogP contribution in [0, 0.1) is 0 Å². The fourth-order valence-corrected chi connectivity index (χ4v) is 2.57. The molecule has 0 radical (unpaired) electrons. The smallest absolute Gasteiger partial charge is 0.0149 e. The predicted molar refractivity (Wildman–Crippen MR) is 91.2 cm³/mol. The van der Waals surface area contributed by atoms with E-state index in [-0.39, 0.29) is 17.9 Å². The summed E-state index contributed by atoms with van der Waals surface area (Å²) < 4.78 is 0. The van der Waals surface area contributed by atoms with Crippen LogP contribution >= 0.6 is 12.4 Å². The van der Waals surface area contributed by atoms with Crippen molar-refractivity contribution in [1.29, 1.82) is 0 Å². The lowest BCUT2D eigenvalue weighted by atomic mass is 9.88. The van der Waals surface area contributed by atoms with E-state index in [1.54, 1.807) is 0 Å². The highest BCUT2D eigenvalue weighted by atomic mass is 35.5. The lowest BCUT2D eigenvalue weighted by Gasteiger charge is -2.26. The summed E-state index contributed by atoms with van der Waals surface area (Å²) in [5.74, 6) is 0. The van der Waals surface area contributed by atoms with Crippen molar-refractivity contribution in [2.24, 2.45) is 5.73 Å². The van der Waals surface area contributed by atoms with E-state index in [4.69, 9.17) is 5.73 Å². The first-order chi connectivity index (χ1) is 8.68. The van der Waals surface area contributed by atoms with Crippen LogP contribution in [0.1, 0.15) is 104 Å². The summed E-state index contributed by atoms with van der Waals surface area (Å²) in [6.07, 6.45) is 17.6. The molecule has 0 fully saturated rings. The zero-order valence-electron chi connectivity index (χ0n) is 13.7. The first-order valence-corrected chi connectivity index (χ1v) is 8.47. The Morgan fingerprint density at radius 2 is 1.00 bits per heavy atom. The van der Waals surface area contributed by atoms with Crippen molar-refractivity contribution in [1.82, 2.24) is 0 Å². The molecule has 0 aromatic heterocycles. The third-order valence-electron chi connectivity index (χ3n) is 4.44. The van der Waals surface area contributed by atoms with Crippen molar-refractivity contribution in [2.75, 3.05) is 0 Å². The molecule has 0 rings (SSSR count). The van der Waals surface area contributed by atoms with Crippen molar-refractivity contribution in [3.8, 4) is 0 Å². The lowest BCUT2D eigenvalue weighted by molar-refractivity contribution is 0.350. The zero-order valence-corrected chi connectivity index (χ0v) is 14.5. The molecule has 19 heavy (non-hydrogen) atoms.